The van der Waals surface area contributed by atoms with E-state index in [-0.39, 0.29) is 0 Å². The van der Waals surface area contributed by atoms with E-state index >= 15 is 0 Å². The summed E-state index contributed by atoms with van der Waals surface area (Å²) in [5, 5.41) is 0.768. The van der Waals surface area contributed by atoms with Gasteiger partial charge in [-0.25, -0.2) is 0 Å². The van der Waals surface area contributed by atoms with E-state index < -0.39 is 0 Å². The summed E-state index contributed by atoms with van der Waals surface area (Å²) < 4.78 is 5.12. The molecule has 108 valence electrons. The molecule has 0 heterocycles. The van der Waals surface area contributed by atoms with Gasteiger partial charge in [0.15, 0.2) is 0 Å². The van der Waals surface area contributed by atoms with Crippen LogP contribution < -0.4 is 5.73 Å². The van der Waals surface area contributed by atoms with Crippen LogP contribution in [0.4, 0.5) is 0 Å². The molecule has 3 unspecified atom stereocenters. The minimum Gasteiger partial charge on any atom is -0.385 e. The third-order valence-corrected chi connectivity index (χ3v) is 5.81. The van der Waals surface area contributed by atoms with E-state index in [0.29, 0.717) is 5.41 Å². The molecule has 1 rings (SSSR count). The molecular weight excluding hydrogens is 242 g/mol. The fourth-order valence-electron chi connectivity index (χ4n) is 2.89. The van der Waals surface area contributed by atoms with Gasteiger partial charge in [0.2, 0.25) is 0 Å². The molecule has 1 aliphatic rings. The molecule has 18 heavy (non-hydrogen) atoms. The van der Waals surface area contributed by atoms with Gasteiger partial charge in [-0.05, 0) is 55.2 Å². The summed E-state index contributed by atoms with van der Waals surface area (Å²) in [6.07, 6.45) is 5.19. The van der Waals surface area contributed by atoms with E-state index in [1.807, 2.05) is 0 Å². The van der Waals surface area contributed by atoms with E-state index in [1.54, 1.807) is 7.11 Å². The van der Waals surface area contributed by atoms with Crippen molar-refractivity contribution in [2.24, 2.45) is 23.0 Å². The van der Waals surface area contributed by atoms with Crippen LogP contribution in [0, 0.1) is 17.3 Å². The first kappa shape index (κ1) is 16.3. The first-order chi connectivity index (χ1) is 8.49. The topological polar surface area (TPSA) is 35.2 Å². The molecule has 0 radical (unpaired) electrons. The lowest BCUT2D eigenvalue weighted by molar-refractivity contribution is 0.157. The summed E-state index contributed by atoms with van der Waals surface area (Å²) in [6, 6.07) is 0. The average molecular weight is 273 g/mol. The molecule has 0 aromatic heterocycles. The molecule has 3 heteroatoms. The third-order valence-electron chi connectivity index (χ3n) is 4.28. The molecule has 0 spiro atoms. The quantitative estimate of drug-likeness (QED) is 0.752. The van der Waals surface area contributed by atoms with Gasteiger partial charge in [0.25, 0.3) is 0 Å². The van der Waals surface area contributed by atoms with E-state index in [1.165, 1.54) is 25.0 Å². The molecule has 0 bridgehead atoms. The van der Waals surface area contributed by atoms with Crippen LogP contribution in [0.15, 0.2) is 0 Å². The minimum atomic E-state index is 0.449. The van der Waals surface area contributed by atoms with Crippen LogP contribution in [0.25, 0.3) is 0 Å². The summed E-state index contributed by atoms with van der Waals surface area (Å²) in [6.45, 7) is 8.89. The van der Waals surface area contributed by atoms with Crippen molar-refractivity contribution in [3.8, 4) is 0 Å². The van der Waals surface area contributed by atoms with Crippen molar-refractivity contribution in [3.63, 3.8) is 0 Å². The smallest absolute Gasteiger partial charge is 0.0470 e. The summed E-state index contributed by atoms with van der Waals surface area (Å²) in [4.78, 5) is 0. The number of nitrogens with two attached hydrogens (primary N) is 1. The van der Waals surface area contributed by atoms with E-state index in [4.69, 9.17) is 10.5 Å². The molecule has 0 aliphatic heterocycles. The lowest BCUT2D eigenvalue weighted by atomic mass is 9.69. The monoisotopic (exact) mass is 273 g/mol. The minimum absolute atomic E-state index is 0.449. The molecule has 2 nitrogen and oxygen atoms in total. The van der Waals surface area contributed by atoms with Crippen molar-refractivity contribution >= 4 is 11.8 Å². The average Bonchev–Trinajstić information content (AvgIpc) is 2.33. The molecule has 0 saturated heterocycles. The van der Waals surface area contributed by atoms with Crippen LogP contribution in [-0.2, 0) is 4.74 Å². The fraction of sp³-hybridized carbons (Fsp3) is 1.00. The van der Waals surface area contributed by atoms with Gasteiger partial charge in [0.05, 0.1) is 0 Å². The lowest BCUT2D eigenvalue weighted by Gasteiger charge is -2.41. The molecular formula is C15H31NOS. The fourth-order valence-corrected chi connectivity index (χ4v) is 4.37. The maximum atomic E-state index is 5.94. The standard InChI is InChI=1S/C15H31NOS/c1-15(2,3)13-7-6-12(11-16)14(10-13)18-9-5-8-17-4/h12-14H,5-11,16H2,1-4H3. The van der Waals surface area contributed by atoms with Crippen molar-refractivity contribution in [2.75, 3.05) is 26.0 Å². The van der Waals surface area contributed by atoms with Crippen molar-refractivity contribution in [1.82, 2.24) is 0 Å². The second-order valence-corrected chi connectivity index (χ2v) is 7.97. The maximum Gasteiger partial charge on any atom is 0.0470 e. The van der Waals surface area contributed by atoms with Gasteiger partial charge in [-0.3, -0.25) is 0 Å². The first-order valence-corrected chi connectivity index (χ1v) is 8.34. The molecule has 1 aliphatic carbocycles. The first-order valence-electron chi connectivity index (χ1n) is 7.29. The number of rotatable bonds is 6. The van der Waals surface area contributed by atoms with Crippen molar-refractivity contribution in [3.05, 3.63) is 0 Å². The van der Waals surface area contributed by atoms with Crippen LogP contribution in [0.2, 0.25) is 0 Å². The van der Waals surface area contributed by atoms with Crippen LogP contribution >= 0.6 is 11.8 Å². The van der Waals surface area contributed by atoms with Gasteiger partial charge in [-0.2, -0.15) is 11.8 Å². The van der Waals surface area contributed by atoms with Gasteiger partial charge in [-0.15, -0.1) is 0 Å². The summed E-state index contributed by atoms with van der Waals surface area (Å²) in [7, 11) is 1.78. The van der Waals surface area contributed by atoms with Gasteiger partial charge < -0.3 is 10.5 Å². The Hall–Kier alpha value is 0.270. The lowest BCUT2D eigenvalue weighted by Crippen LogP contribution is -2.37. The Morgan fingerprint density at radius 3 is 2.56 bits per heavy atom. The highest BCUT2D eigenvalue weighted by atomic mass is 32.2. The zero-order valence-corrected chi connectivity index (χ0v) is 13.4. The Balaban J connectivity index is 2.43. The largest absolute Gasteiger partial charge is 0.385 e. The van der Waals surface area contributed by atoms with Gasteiger partial charge in [0.1, 0.15) is 0 Å². The number of thioether (sulfide) groups is 1. The number of ether oxygens (including phenoxy) is 1. The summed E-state index contributed by atoms with van der Waals surface area (Å²) in [5.74, 6) is 2.81. The highest BCUT2D eigenvalue weighted by Crippen LogP contribution is 2.43. The molecule has 1 fully saturated rings. The van der Waals surface area contributed by atoms with Crippen LogP contribution in [0.3, 0.4) is 0 Å². The zero-order chi connectivity index (χ0) is 13.6. The second-order valence-electron chi connectivity index (χ2n) is 6.63. The highest BCUT2D eigenvalue weighted by molar-refractivity contribution is 7.99. The Kier molecular flexibility index (Phi) is 7.04. The third kappa shape index (κ3) is 5.10. The number of hydrogen-bond acceptors (Lipinski definition) is 3. The Morgan fingerprint density at radius 2 is 2.00 bits per heavy atom. The predicted molar refractivity (Wildman–Crippen MR) is 82.1 cm³/mol. The highest BCUT2D eigenvalue weighted by Gasteiger charge is 2.35. The van der Waals surface area contributed by atoms with Crippen LogP contribution in [0.1, 0.15) is 46.5 Å². The zero-order valence-electron chi connectivity index (χ0n) is 12.6. The van der Waals surface area contributed by atoms with E-state index in [9.17, 15) is 0 Å². The maximum absolute atomic E-state index is 5.94. The second kappa shape index (κ2) is 7.76. The van der Waals surface area contributed by atoms with Crippen LogP contribution in [-0.4, -0.2) is 31.3 Å². The summed E-state index contributed by atoms with van der Waals surface area (Å²) >= 11 is 2.13. The Labute approximate surface area is 117 Å². The molecule has 1 saturated carbocycles. The molecule has 0 amide bonds. The van der Waals surface area contributed by atoms with Crippen molar-refractivity contribution in [2.45, 2.75) is 51.7 Å². The van der Waals surface area contributed by atoms with E-state index in [0.717, 1.165) is 36.7 Å². The van der Waals surface area contributed by atoms with Gasteiger partial charge >= 0.3 is 0 Å². The van der Waals surface area contributed by atoms with Gasteiger partial charge in [-0.1, -0.05) is 20.8 Å². The number of methoxy groups -OCH3 is 1. The van der Waals surface area contributed by atoms with Crippen molar-refractivity contribution in [1.29, 1.82) is 0 Å². The normalized spacial score (nSPS) is 29.5. The Morgan fingerprint density at radius 1 is 1.28 bits per heavy atom. The van der Waals surface area contributed by atoms with Gasteiger partial charge in [0, 0.05) is 19.0 Å². The number of hydrogen-bond donors (Lipinski definition) is 1. The molecule has 2 N–H and O–H groups in total. The summed E-state index contributed by atoms with van der Waals surface area (Å²) in [5.41, 5.74) is 6.39. The van der Waals surface area contributed by atoms with Crippen molar-refractivity contribution < 1.29 is 4.74 Å². The molecule has 0 aromatic rings. The Bertz CT molecular complexity index is 227. The predicted octanol–water partition coefficient (Wildman–Crippen LogP) is 3.55. The SMILES string of the molecule is COCCCSC1CC(C(C)(C)C)CCC1CN. The molecule has 0 aromatic carbocycles. The van der Waals surface area contributed by atoms with Crippen LogP contribution in [0.5, 0.6) is 0 Å². The van der Waals surface area contributed by atoms with E-state index in [2.05, 4.69) is 32.5 Å². The molecule has 3 atom stereocenters.